The number of hydrogen-bond acceptors (Lipinski definition) is 4. The number of amides is 1. The van der Waals surface area contributed by atoms with Gasteiger partial charge in [-0.2, -0.15) is 0 Å². The van der Waals surface area contributed by atoms with Crippen LogP contribution < -0.4 is 5.32 Å². The van der Waals surface area contributed by atoms with Crippen molar-refractivity contribution in [1.82, 2.24) is 5.32 Å². The quantitative estimate of drug-likeness (QED) is 0.646. The summed E-state index contributed by atoms with van der Waals surface area (Å²) in [6.45, 7) is 5.63. The molecule has 1 aromatic carbocycles. The molecule has 0 aliphatic carbocycles. The van der Waals surface area contributed by atoms with Crippen LogP contribution in [0.5, 0.6) is 0 Å². The van der Waals surface area contributed by atoms with Crippen molar-refractivity contribution in [3.05, 3.63) is 39.9 Å². The van der Waals surface area contributed by atoms with Crippen molar-refractivity contribution in [3.8, 4) is 0 Å². The van der Waals surface area contributed by atoms with Gasteiger partial charge in [0.05, 0.1) is 17.4 Å². The molecule has 6 heteroatoms. The summed E-state index contributed by atoms with van der Waals surface area (Å²) in [7, 11) is 0. The zero-order chi connectivity index (χ0) is 16.1. The lowest BCUT2D eigenvalue weighted by molar-refractivity contribution is -0.384. The predicted octanol–water partition coefficient (Wildman–Crippen LogP) is 2.31. The third-order valence-corrected chi connectivity index (χ3v) is 3.99. The molecule has 0 saturated carbocycles. The Morgan fingerprint density at radius 1 is 1.41 bits per heavy atom. The number of benzene rings is 1. The number of nitrogens with zero attached hydrogens (tertiary/aromatic N) is 1. The fourth-order valence-corrected chi connectivity index (χ4v) is 2.84. The van der Waals surface area contributed by atoms with Crippen molar-refractivity contribution in [3.63, 3.8) is 0 Å². The van der Waals surface area contributed by atoms with E-state index in [1.165, 1.54) is 12.1 Å². The van der Waals surface area contributed by atoms with Crippen LogP contribution in [0, 0.1) is 22.0 Å². The van der Waals surface area contributed by atoms with E-state index >= 15 is 0 Å². The molecule has 1 fully saturated rings. The maximum atomic E-state index is 12.0. The molecule has 1 aliphatic heterocycles. The number of nitrogens with one attached hydrogen (secondary N) is 1. The monoisotopic (exact) mass is 306 g/mol. The van der Waals surface area contributed by atoms with Gasteiger partial charge in [0, 0.05) is 31.2 Å². The van der Waals surface area contributed by atoms with Gasteiger partial charge in [0.2, 0.25) is 5.91 Å². The van der Waals surface area contributed by atoms with E-state index in [4.69, 9.17) is 4.74 Å². The summed E-state index contributed by atoms with van der Waals surface area (Å²) in [6.07, 6.45) is 1.41. The van der Waals surface area contributed by atoms with Gasteiger partial charge in [0.25, 0.3) is 5.69 Å². The molecular formula is C16H22N2O4. The van der Waals surface area contributed by atoms with Crippen LogP contribution in [0.1, 0.15) is 25.8 Å². The highest BCUT2D eigenvalue weighted by Crippen LogP contribution is 2.26. The molecule has 2 rings (SSSR count). The third kappa shape index (κ3) is 4.27. The normalized spacial score (nSPS) is 21.0. The second kappa shape index (κ2) is 7.35. The molecule has 22 heavy (non-hydrogen) atoms. The van der Waals surface area contributed by atoms with Crippen LogP contribution in [0.4, 0.5) is 5.69 Å². The van der Waals surface area contributed by atoms with Gasteiger partial charge >= 0.3 is 0 Å². The summed E-state index contributed by atoms with van der Waals surface area (Å²) in [5.74, 6) is 0.739. The topological polar surface area (TPSA) is 81.5 Å². The number of rotatable bonds is 6. The van der Waals surface area contributed by atoms with Crippen molar-refractivity contribution in [2.24, 2.45) is 11.8 Å². The average Bonchev–Trinajstić information content (AvgIpc) is 2.94. The molecule has 0 radical (unpaired) electrons. The van der Waals surface area contributed by atoms with Crippen molar-refractivity contribution in [1.29, 1.82) is 0 Å². The van der Waals surface area contributed by atoms with E-state index in [1.807, 2.05) is 0 Å². The molecule has 0 unspecified atom stereocenters. The Kier molecular flexibility index (Phi) is 5.49. The highest BCUT2D eigenvalue weighted by Gasteiger charge is 2.30. The fraction of sp³-hybridized carbons (Fsp3) is 0.562. The predicted molar refractivity (Wildman–Crippen MR) is 82.5 cm³/mol. The summed E-state index contributed by atoms with van der Waals surface area (Å²) < 4.78 is 5.70. The minimum atomic E-state index is -0.448. The number of carbonyl (C=O) groups excluding carboxylic acids is 1. The highest BCUT2D eigenvalue weighted by molar-refractivity contribution is 5.78. The van der Waals surface area contributed by atoms with Gasteiger partial charge in [-0.25, -0.2) is 0 Å². The summed E-state index contributed by atoms with van der Waals surface area (Å²) in [5, 5.41) is 13.5. The summed E-state index contributed by atoms with van der Waals surface area (Å²) in [5.41, 5.74) is 0.804. The number of nitro benzene ring substituents is 1. The lowest BCUT2D eigenvalue weighted by atomic mass is 9.93. The lowest BCUT2D eigenvalue weighted by Gasteiger charge is -2.22. The summed E-state index contributed by atoms with van der Waals surface area (Å²) in [4.78, 5) is 22.1. The minimum absolute atomic E-state index is 0.0343. The van der Waals surface area contributed by atoms with E-state index in [0.717, 1.165) is 18.6 Å². The van der Waals surface area contributed by atoms with E-state index in [2.05, 4.69) is 19.2 Å². The molecule has 0 aromatic heterocycles. The van der Waals surface area contributed by atoms with Crippen LogP contribution >= 0.6 is 0 Å². The Balaban J connectivity index is 1.81. The van der Waals surface area contributed by atoms with E-state index in [9.17, 15) is 14.9 Å². The smallest absolute Gasteiger partial charge is 0.269 e. The number of non-ortho nitro benzene ring substituents is 1. The molecule has 6 nitrogen and oxygen atoms in total. The second-order valence-electron chi connectivity index (χ2n) is 6.03. The molecule has 120 valence electrons. The highest BCUT2D eigenvalue weighted by atomic mass is 16.6. The molecule has 1 aromatic rings. The maximum Gasteiger partial charge on any atom is 0.269 e. The molecule has 1 aliphatic rings. The van der Waals surface area contributed by atoms with Crippen LogP contribution in [-0.2, 0) is 16.0 Å². The molecule has 1 heterocycles. The van der Waals surface area contributed by atoms with Gasteiger partial charge in [-0.3, -0.25) is 14.9 Å². The molecule has 1 N–H and O–H groups in total. The Morgan fingerprint density at radius 3 is 2.68 bits per heavy atom. The van der Waals surface area contributed by atoms with E-state index in [0.29, 0.717) is 18.4 Å². The number of hydrogen-bond donors (Lipinski definition) is 1. The largest absolute Gasteiger partial charge is 0.378 e. The Labute approximate surface area is 130 Å². The van der Waals surface area contributed by atoms with Crippen molar-refractivity contribution in [2.75, 3.05) is 13.2 Å². The van der Waals surface area contributed by atoms with Gasteiger partial charge in [0.15, 0.2) is 0 Å². The second-order valence-corrected chi connectivity index (χ2v) is 6.03. The maximum absolute atomic E-state index is 12.0. The van der Waals surface area contributed by atoms with E-state index in [1.54, 1.807) is 12.1 Å². The Bertz CT molecular complexity index is 527. The number of ether oxygens (including phenoxy) is 1. The molecular weight excluding hydrogens is 284 g/mol. The van der Waals surface area contributed by atoms with Gasteiger partial charge in [-0.05, 0) is 17.9 Å². The van der Waals surface area contributed by atoms with Crippen LogP contribution in [-0.4, -0.2) is 30.1 Å². The van der Waals surface area contributed by atoms with Crippen LogP contribution in [0.25, 0.3) is 0 Å². The molecule has 1 saturated heterocycles. The first kappa shape index (κ1) is 16.4. The fourth-order valence-electron chi connectivity index (χ4n) is 2.84. The van der Waals surface area contributed by atoms with Gasteiger partial charge in [-0.1, -0.05) is 26.0 Å². The molecule has 0 bridgehead atoms. The molecule has 0 spiro atoms. The first-order valence-electron chi connectivity index (χ1n) is 7.59. The van der Waals surface area contributed by atoms with Gasteiger partial charge in [-0.15, -0.1) is 0 Å². The first-order valence-corrected chi connectivity index (χ1v) is 7.59. The summed E-state index contributed by atoms with van der Waals surface area (Å²) >= 11 is 0. The zero-order valence-corrected chi connectivity index (χ0v) is 13.0. The summed E-state index contributed by atoms with van der Waals surface area (Å²) in [6, 6.07) is 6.07. The average molecular weight is 306 g/mol. The van der Waals surface area contributed by atoms with Crippen molar-refractivity contribution >= 4 is 11.6 Å². The van der Waals surface area contributed by atoms with Crippen molar-refractivity contribution < 1.29 is 14.5 Å². The molecule has 1 amide bonds. The van der Waals surface area contributed by atoms with Crippen LogP contribution in [0.3, 0.4) is 0 Å². The van der Waals surface area contributed by atoms with E-state index in [-0.39, 0.29) is 24.1 Å². The van der Waals surface area contributed by atoms with Crippen molar-refractivity contribution in [2.45, 2.75) is 32.8 Å². The van der Waals surface area contributed by atoms with Gasteiger partial charge < -0.3 is 10.1 Å². The zero-order valence-electron chi connectivity index (χ0n) is 13.0. The lowest BCUT2D eigenvalue weighted by Crippen LogP contribution is -2.35. The Morgan fingerprint density at radius 2 is 2.09 bits per heavy atom. The number of carbonyl (C=O) groups is 1. The number of nitro groups is 1. The van der Waals surface area contributed by atoms with E-state index < -0.39 is 4.92 Å². The first-order chi connectivity index (χ1) is 10.5. The minimum Gasteiger partial charge on any atom is -0.378 e. The van der Waals surface area contributed by atoms with Gasteiger partial charge in [0.1, 0.15) is 0 Å². The third-order valence-electron chi connectivity index (χ3n) is 3.99. The van der Waals surface area contributed by atoms with Crippen LogP contribution in [0.2, 0.25) is 0 Å². The Hall–Kier alpha value is -1.95. The SMILES string of the molecule is CC(C)[C@H]1OCC[C@@H]1CNC(=O)Cc1ccc([N+](=O)[O-])cc1. The standard InChI is InChI=1S/C16H22N2O4/c1-11(2)16-13(7-8-22-16)10-17-15(19)9-12-3-5-14(6-4-12)18(20)21/h3-6,11,13,16H,7-10H2,1-2H3,(H,17,19)/t13-,16-/m1/s1. The van der Waals surface area contributed by atoms with Crippen LogP contribution in [0.15, 0.2) is 24.3 Å². The molecule has 2 atom stereocenters.